The van der Waals surface area contributed by atoms with E-state index >= 15 is 0 Å². The summed E-state index contributed by atoms with van der Waals surface area (Å²) >= 11 is 0. The molecule has 1 aromatic carbocycles. The van der Waals surface area contributed by atoms with Crippen LogP contribution < -0.4 is 10.4 Å². The topological polar surface area (TPSA) is 154 Å². The molecule has 2 aliphatic heterocycles. The van der Waals surface area contributed by atoms with Crippen molar-refractivity contribution in [1.82, 2.24) is 0 Å². The molecule has 0 saturated heterocycles. The van der Waals surface area contributed by atoms with Crippen LogP contribution in [-0.2, 0) is 17.1 Å². The van der Waals surface area contributed by atoms with Gasteiger partial charge in [-0.3, -0.25) is 0 Å². The Morgan fingerprint density at radius 3 is 1.37 bits per heavy atom. The Morgan fingerprint density at radius 2 is 1.00 bits per heavy atom. The van der Waals surface area contributed by atoms with E-state index < -0.39 is 0 Å². The van der Waals surface area contributed by atoms with Crippen LogP contribution in [0.5, 0.6) is 0 Å². The van der Waals surface area contributed by atoms with Gasteiger partial charge in [0.05, 0.1) is 0 Å². The van der Waals surface area contributed by atoms with Crippen LogP contribution >= 0.6 is 0 Å². The molecule has 19 heavy (non-hydrogen) atoms. The summed E-state index contributed by atoms with van der Waals surface area (Å²) in [5.41, 5.74) is 1.95. The van der Waals surface area contributed by atoms with E-state index in [4.69, 9.17) is 0 Å². The predicted octanol–water partition coefficient (Wildman–Crippen LogP) is -0.989. The fourth-order valence-electron chi connectivity index (χ4n) is 1.68. The number of nitrogens with zero attached hydrogens (tertiary/aromatic N) is 2. The number of rotatable bonds is 0. The van der Waals surface area contributed by atoms with Crippen molar-refractivity contribution >= 4 is 23.5 Å². The third-order valence-electron chi connectivity index (χ3n) is 2.34. The van der Waals surface area contributed by atoms with Crippen molar-refractivity contribution in [1.29, 1.82) is 0 Å². The molecule has 7 heteroatoms. The standard InChI is InChI=1S/C12H8N2.Mn.4H2O/c1-3-9-5-6-10-4-2-8-14-12(10)11(9)13-7-1;;;;;/h1-8H;;4*1H2/q-2;+2;;;;. The van der Waals surface area contributed by atoms with Crippen molar-refractivity contribution < 1.29 is 39.0 Å². The summed E-state index contributed by atoms with van der Waals surface area (Å²) in [6, 6.07) is 4.15. The van der Waals surface area contributed by atoms with Gasteiger partial charge in [-0.15, -0.1) is 11.4 Å². The van der Waals surface area contributed by atoms with E-state index in [-0.39, 0.29) is 39.0 Å². The molecular formula is C12H16MnN2O4. The van der Waals surface area contributed by atoms with Crippen LogP contribution in [0.1, 0.15) is 0 Å². The molecule has 1 aromatic rings. The molecular weight excluding hydrogens is 291 g/mol. The third kappa shape index (κ3) is 3.93. The first-order valence-electron chi connectivity index (χ1n) is 4.53. The summed E-state index contributed by atoms with van der Waals surface area (Å²) in [4.78, 5) is 0. The third-order valence-corrected chi connectivity index (χ3v) is 2.34. The minimum absolute atomic E-state index is 0. The normalized spacial score (nSPS) is 11.4. The van der Waals surface area contributed by atoms with Crippen LogP contribution in [0.15, 0.2) is 36.7 Å². The molecule has 2 heterocycles. The summed E-state index contributed by atoms with van der Waals surface area (Å²) in [5.74, 6) is 0. The molecule has 0 amide bonds. The summed E-state index contributed by atoms with van der Waals surface area (Å²) in [7, 11) is 0. The van der Waals surface area contributed by atoms with Crippen LogP contribution in [0.2, 0.25) is 0 Å². The Balaban J connectivity index is -0.000000512. The van der Waals surface area contributed by atoms with E-state index in [1.165, 1.54) is 0 Å². The van der Waals surface area contributed by atoms with Gasteiger partial charge < -0.3 is 32.5 Å². The zero-order valence-electron chi connectivity index (χ0n) is 9.89. The second kappa shape index (κ2) is 9.35. The van der Waals surface area contributed by atoms with E-state index in [1.54, 1.807) is 12.4 Å². The van der Waals surface area contributed by atoms with Gasteiger partial charge in [0.15, 0.2) is 0 Å². The number of hydrogen-bond donors (Lipinski definition) is 0. The number of hydrogen-bond acceptors (Lipinski definition) is 0. The van der Waals surface area contributed by atoms with Crippen molar-refractivity contribution in [2.45, 2.75) is 0 Å². The zero-order chi connectivity index (χ0) is 9.38. The fraction of sp³-hybridized carbons (Fsp3) is 0. The van der Waals surface area contributed by atoms with Crippen LogP contribution in [0.25, 0.3) is 22.8 Å². The van der Waals surface area contributed by atoms with Gasteiger partial charge in [0.25, 0.3) is 0 Å². The first kappa shape index (κ1) is 22.6. The number of fused-ring (bicyclic) bond motifs is 3. The monoisotopic (exact) mass is 307 g/mol. The van der Waals surface area contributed by atoms with Crippen LogP contribution in [0.4, 0.5) is 11.4 Å². The molecule has 0 aromatic heterocycles. The molecule has 8 N–H and O–H groups in total. The Hall–Kier alpha value is -1.60. The molecule has 0 saturated carbocycles. The second-order valence-corrected chi connectivity index (χ2v) is 3.22. The van der Waals surface area contributed by atoms with Crippen LogP contribution in [0.3, 0.4) is 0 Å². The Kier molecular flexibility index (Phi) is 11.1. The van der Waals surface area contributed by atoms with E-state index in [0.29, 0.717) is 0 Å². The molecule has 0 fully saturated rings. The van der Waals surface area contributed by atoms with Crippen molar-refractivity contribution in [3.63, 3.8) is 0 Å². The predicted molar refractivity (Wildman–Crippen MR) is 73.4 cm³/mol. The van der Waals surface area contributed by atoms with Crippen molar-refractivity contribution in [3.05, 3.63) is 57.8 Å². The van der Waals surface area contributed by atoms with Gasteiger partial charge in [-0.05, 0) is 10.4 Å². The largest absolute Gasteiger partial charge is 2.00 e. The first-order chi connectivity index (χ1) is 6.95. The number of allylic oxidation sites excluding steroid dienone is 2. The molecule has 0 atom stereocenters. The van der Waals surface area contributed by atoms with E-state index in [0.717, 1.165) is 21.8 Å². The fourth-order valence-corrected chi connectivity index (χ4v) is 1.68. The Bertz CT molecular complexity index is 519. The van der Waals surface area contributed by atoms with Gasteiger partial charge in [0.2, 0.25) is 0 Å². The maximum absolute atomic E-state index is 4.35. The van der Waals surface area contributed by atoms with Gasteiger partial charge in [0, 0.05) is 0 Å². The summed E-state index contributed by atoms with van der Waals surface area (Å²) in [6.45, 7) is 0. The molecule has 105 valence electrons. The maximum Gasteiger partial charge on any atom is 2.00 e. The number of benzene rings is 1. The Morgan fingerprint density at radius 1 is 0.632 bits per heavy atom. The molecule has 6 nitrogen and oxygen atoms in total. The van der Waals surface area contributed by atoms with Crippen molar-refractivity contribution in [2.75, 3.05) is 0 Å². The van der Waals surface area contributed by atoms with E-state index in [9.17, 15) is 0 Å². The van der Waals surface area contributed by atoms with E-state index in [2.05, 4.69) is 34.9 Å². The molecule has 3 rings (SSSR count). The van der Waals surface area contributed by atoms with E-state index in [1.807, 2.05) is 12.2 Å². The smallest absolute Gasteiger partial charge is 0.665 e. The maximum atomic E-state index is 4.35. The summed E-state index contributed by atoms with van der Waals surface area (Å²) in [6.07, 6.45) is 11.6. The molecule has 2 aliphatic rings. The van der Waals surface area contributed by atoms with Crippen LogP contribution in [-0.4, -0.2) is 21.9 Å². The molecule has 0 bridgehead atoms. The zero-order valence-corrected chi connectivity index (χ0v) is 11.1. The van der Waals surface area contributed by atoms with Crippen molar-refractivity contribution in [3.8, 4) is 0 Å². The average molecular weight is 307 g/mol. The average Bonchev–Trinajstić information content (AvgIpc) is 2.29. The van der Waals surface area contributed by atoms with Crippen molar-refractivity contribution in [2.24, 2.45) is 0 Å². The van der Waals surface area contributed by atoms with Gasteiger partial charge in [-0.25, -0.2) is 0 Å². The summed E-state index contributed by atoms with van der Waals surface area (Å²) < 4.78 is 0. The second-order valence-electron chi connectivity index (χ2n) is 3.22. The van der Waals surface area contributed by atoms with Crippen LogP contribution in [0, 0.1) is 0 Å². The summed E-state index contributed by atoms with van der Waals surface area (Å²) in [5, 5.41) is 11.0. The quantitative estimate of drug-likeness (QED) is 0.540. The molecule has 0 spiro atoms. The SMILES string of the molecule is C1=C[N-]c2c3c(ccc2=C1)=CC=C[N-]3.O.O.O.O.[Mn+2]. The van der Waals surface area contributed by atoms with Gasteiger partial charge >= 0.3 is 17.1 Å². The van der Waals surface area contributed by atoms with Gasteiger partial charge in [-0.1, -0.05) is 36.4 Å². The minimum Gasteiger partial charge on any atom is -0.665 e. The molecule has 0 unspecified atom stereocenters. The van der Waals surface area contributed by atoms with Gasteiger partial charge in [-0.2, -0.15) is 12.4 Å². The van der Waals surface area contributed by atoms with Gasteiger partial charge in [0.1, 0.15) is 0 Å². The molecule has 0 aliphatic carbocycles. The Labute approximate surface area is 120 Å². The minimum atomic E-state index is 0. The molecule has 1 radical (unpaired) electrons. The first-order valence-corrected chi connectivity index (χ1v) is 4.53.